The quantitative estimate of drug-likeness (QED) is 0.728. The van der Waals surface area contributed by atoms with E-state index in [1.165, 1.54) is 12.5 Å². The number of aryl methyl sites for hydroxylation is 2. The van der Waals surface area contributed by atoms with Gasteiger partial charge in [0.25, 0.3) is 0 Å². The second-order valence-corrected chi connectivity index (χ2v) is 5.34. The van der Waals surface area contributed by atoms with Crippen molar-refractivity contribution in [1.82, 2.24) is 0 Å². The molecular weight excluding hydrogens is 250 g/mol. The topological polar surface area (TPSA) is 46.2 Å². The van der Waals surface area contributed by atoms with E-state index >= 15 is 0 Å². The fraction of sp³-hybridized carbons (Fsp3) is 0.529. The summed E-state index contributed by atoms with van der Waals surface area (Å²) in [6, 6.07) is 6.17. The minimum absolute atomic E-state index is 0.0420. The van der Waals surface area contributed by atoms with Crippen molar-refractivity contribution < 1.29 is 9.59 Å². The second kappa shape index (κ2) is 8.51. The van der Waals surface area contributed by atoms with Crippen LogP contribution in [0.5, 0.6) is 0 Å². The normalized spacial score (nSPS) is 10.3. The molecule has 1 N–H and O–H groups in total. The third kappa shape index (κ3) is 6.50. The Morgan fingerprint density at radius 3 is 2.50 bits per heavy atom. The van der Waals surface area contributed by atoms with Gasteiger partial charge in [-0.05, 0) is 49.4 Å². The highest BCUT2D eigenvalue weighted by Gasteiger charge is 2.02. The molecule has 0 saturated heterocycles. The summed E-state index contributed by atoms with van der Waals surface area (Å²) in [5.74, 6) is 0.313. The first-order valence-corrected chi connectivity index (χ1v) is 7.41. The van der Waals surface area contributed by atoms with Crippen molar-refractivity contribution in [3.63, 3.8) is 0 Å². The number of nitrogens with one attached hydrogen (secondary N) is 1. The summed E-state index contributed by atoms with van der Waals surface area (Å²) in [5.41, 5.74) is 3.27. The minimum Gasteiger partial charge on any atom is -0.326 e. The van der Waals surface area contributed by atoms with Crippen LogP contribution in [0, 0.1) is 6.92 Å². The van der Waals surface area contributed by atoms with Gasteiger partial charge in [-0.15, -0.1) is 0 Å². The largest absolute Gasteiger partial charge is 0.326 e. The fourth-order valence-electron chi connectivity index (χ4n) is 2.29. The van der Waals surface area contributed by atoms with Crippen LogP contribution in [0.4, 0.5) is 5.69 Å². The number of benzene rings is 1. The van der Waals surface area contributed by atoms with Crippen LogP contribution >= 0.6 is 0 Å². The molecule has 0 heterocycles. The summed E-state index contributed by atoms with van der Waals surface area (Å²) in [7, 11) is 0. The number of hydrogen-bond donors (Lipinski definition) is 1. The van der Waals surface area contributed by atoms with E-state index in [1.54, 1.807) is 0 Å². The van der Waals surface area contributed by atoms with Crippen molar-refractivity contribution in [2.45, 2.75) is 59.3 Å². The highest BCUT2D eigenvalue weighted by Crippen LogP contribution is 2.17. The van der Waals surface area contributed by atoms with Gasteiger partial charge in [-0.3, -0.25) is 9.59 Å². The Bertz CT molecular complexity index is 466. The van der Waals surface area contributed by atoms with Crippen LogP contribution in [0.15, 0.2) is 18.2 Å². The maximum absolute atomic E-state index is 11.2. The van der Waals surface area contributed by atoms with Gasteiger partial charge in [0, 0.05) is 25.5 Å². The zero-order chi connectivity index (χ0) is 15.0. The van der Waals surface area contributed by atoms with Crippen LogP contribution in [-0.2, 0) is 16.0 Å². The van der Waals surface area contributed by atoms with Gasteiger partial charge >= 0.3 is 0 Å². The van der Waals surface area contributed by atoms with Crippen LogP contribution < -0.4 is 5.32 Å². The molecule has 110 valence electrons. The summed E-state index contributed by atoms with van der Waals surface area (Å²) in [6.45, 7) is 5.47. The van der Waals surface area contributed by atoms with Crippen molar-refractivity contribution in [3.8, 4) is 0 Å². The van der Waals surface area contributed by atoms with Crippen LogP contribution in [0.3, 0.4) is 0 Å². The molecule has 0 aliphatic carbocycles. The number of Topliss-reactive ketones (excluding diaryl/α,β-unsaturated/α-hetero) is 1. The van der Waals surface area contributed by atoms with Crippen LogP contribution in [0.1, 0.15) is 57.1 Å². The van der Waals surface area contributed by atoms with Crippen LogP contribution in [0.2, 0.25) is 0 Å². The zero-order valence-electron chi connectivity index (χ0n) is 12.8. The molecule has 1 aromatic rings. The molecule has 0 bridgehead atoms. The average molecular weight is 275 g/mol. The molecule has 0 spiro atoms. The predicted octanol–water partition coefficient (Wildman–Crippen LogP) is 4.04. The van der Waals surface area contributed by atoms with Gasteiger partial charge in [-0.2, -0.15) is 0 Å². The Kier molecular flexibility index (Phi) is 6.99. The smallest absolute Gasteiger partial charge is 0.221 e. The Hall–Kier alpha value is -1.64. The number of carbonyl (C=O) groups is 2. The number of amides is 1. The molecule has 3 heteroatoms. The Morgan fingerprint density at radius 1 is 1.10 bits per heavy atom. The lowest BCUT2D eigenvalue weighted by Crippen LogP contribution is -2.06. The highest BCUT2D eigenvalue weighted by molar-refractivity contribution is 5.88. The molecule has 0 radical (unpaired) electrons. The number of anilines is 1. The van der Waals surface area contributed by atoms with Crippen molar-refractivity contribution in [2.24, 2.45) is 0 Å². The molecule has 1 amide bonds. The minimum atomic E-state index is -0.0420. The van der Waals surface area contributed by atoms with E-state index in [2.05, 4.69) is 11.4 Å². The summed E-state index contributed by atoms with van der Waals surface area (Å²) < 4.78 is 0. The summed E-state index contributed by atoms with van der Waals surface area (Å²) in [6.07, 6.45) is 5.50. The van der Waals surface area contributed by atoms with Gasteiger partial charge in [0.2, 0.25) is 5.91 Å². The first-order valence-electron chi connectivity index (χ1n) is 7.41. The molecule has 0 aliphatic heterocycles. The van der Waals surface area contributed by atoms with Crippen LogP contribution in [0.25, 0.3) is 0 Å². The second-order valence-electron chi connectivity index (χ2n) is 5.34. The summed E-state index contributed by atoms with van der Waals surface area (Å²) >= 11 is 0. The zero-order valence-corrected chi connectivity index (χ0v) is 12.8. The fourth-order valence-corrected chi connectivity index (χ4v) is 2.29. The molecule has 0 aromatic heterocycles. The lowest BCUT2D eigenvalue weighted by molar-refractivity contribution is -0.119. The molecule has 0 fully saturated rings. The molecule has 1 aromatic carbocycles. The molecule has 1 rings (SSSR count). The maximum atomic E-state index is 11.2. The van der Waals surface area contributed by atoms with E-state index in [9.17, 15) is 9.59 Å². The summed E-state index contributed by atoms with van der Waals surface area (Å²) in [4.78, 5) is 22.3. The van der Waals surface area contributed by atoms with Crippen molar-refractivity contribution in [1.29, 1.82) is 0 Å². The third-order valence-electron chi connectivity index (χ3n) is 3.27. The maximum Gasteiger partial charge on any atom is 0.221 e. The molecular formula is C17H25NO2. The third-order valence-corrected chi connectivity index (χ3v) is 3.27. The van der Waals surface area contributed by atoms with Gasteiger partial charge in [0.05, 0.1) is 0 Å². The molecule has 0 saturated carbocycles. The lowest BCUT2D eigenvalue weighted by Gasteiger charge is -2.08. The molecule has 20 heavy (non-hydrogen) atoms. The first kappa shape index (κ1) is 16.4. The standard InChI is InChI=1S/C17H25NO2/c1-4-17(20)9-7-5-6-8-15-10-13(2)11-16(12-15)18-14(3)19/h10-12H,4-9H2,1-3H3,(H,18,19). The van der Waals surface area contributed by atoms with Gasteiger partial charge < -0.3 is 5.32 Å². The molecule has 0 unspecified atom stereocenters. The van der Waals surface area contributed by atoms with E-state index in [0.717, 1.165) is 36.9 Å². The van der Waals surface area contributed by atoms with Gasteiger partial charge in [0.1, 0.15) is 5.78 Å². The van der Waals surface area contributed by atoms with E-state index in [-0.39, 0.29) is 5.91 Å². The molecule has 3 nitrogen and oxygen atoms in total. The number of rotatable bonds is 8. The van der Waals surface area contributed by atoms with E-state index in [1.807, 2.05) is 26.0 Å². The van der Waals surface area contributed by atoms with Crippen LogP contribution in [-0.4, -0.2) is 11.7 Å². The van der Waals surface area contributed by atoms with Crippen molar-refractivity contribution >= 4 is 17.4 Å². The Balaban J connectivity index is 2.41. The molecule has 0 atom stereocenters. The van der Waals surface area contributed by atoms with Crippen molar-refractivity contribution in [3.05, 3.63) is 29.3 Å². The predicted molar refractivity (Wildman–Crippen MR) is 83.0 cm³/mol. The van der Waals surface area contributed by atoms with Crippen molar-refractivity contribution in [2.75, 3.05) is 5.32 Å². The number of carbonyl (C=O) groups excluding carboxylic acids is 2. The molecule has 0 aliphatic rings. The van der Waals surface area contributed by atoms with E-state index in [0.29, 0.717) is 18.6 Å². The van der Waals surface area contributed by atoms with Gasteiger partial charge in [-0.25, -0.2) is 0 Å². The first-order chi connectivity index (χ1) is 9.51. The van der Waals surface area contributed by atoms with Gasteiger partial charge in [-0.1, -0.05) is 19.4 Å². The Labute approximate surface area is 121 Å². The number of ketones is 1. The van der Waals surface area contributed by atoms with E-state index in [4.69, 9.17) is 0 Å². The highest BCUT2D eigenvalue weighted by atomic mass is 16.1. The summed E-state index contributed by atoms with van der Waals surface area (Å²) in [5, 5.41) is 2.83. The van der Waals surface area contributed by atoms with Gasteiger partial charge in [0.15, 0.2) is 0 Å². The Morgan fingerprint density at radius 2 is 1.85 bits per heavy atom. The average Bonchev–Trinajstić information content (AvgIpc) is 2.36. The SMILES string of the molecule is CCC(=O)CCCCCc1cc(C)cc(NC(C)=O)c1. The van der Waals surface area contributed by atoms with E-state index < -0.39 is 0 Å². The lowest BCUT2D eigenvalue weighted by atomic mass is 10.0. The number of unbranched alkanes of at least 4 members (excludes halogenated alkanes) is 2. The monoisotopic (exact) mass is 275 g/mol. The number of hydrogen-bond acceptors (Lipinski definition) is 2.